The van der Waals surface area contributed by atoms with Crippen molar-refractivity contribution in [2.75, 3.05) is 0 Å². The van der Waals surface area contributed by atoms with E-state index in [0.717, 1.165) is 0 Å². The van der Waals surface area contributed by atoms with E-state index in [0.29, 0.717) is 6.29 Å². The first-order valence-electron chi connectivity index (χ1n) is 4.76. The lowest BCUT2D eigenvalue weighted by Gasteiger charge is -2.55. The van der Waals surface area contributed by atoms with E-state index >= 15 is 0 Å². The fourth-order valence-corrected chi connectivity index (χ4v) is 2.82. The van der Waals surface area contributed by atoms with Crippen LogP contribution in [0, 0.1) is 22.7 Å². The van der Waals surface area contributed by atoms with Crippen LogP contribution in [0.2, 0.25) is 0 Å². The highest BCUT2D eigenvalue weighted by molar-refractivity contribution is 6.07. The van der Waals surface area contributed by atoms with E-state index < -0.39 is 40.6 Å². The van der Waals surface area contributed by atoms with Crippen molar-refractivity contribution in [3.8, 4) is 0 Å². The van der Waals surface area contributed by atoms with Crippen LogP contribution in [0.5, 0.6) is 0 Å². The fourth-order valence-electron chi connectivity index (χ4n) is 2.82. The molecule has 0 aromatic rings. The van der Waals surface area contributed by atoms with Crippen LogP contribution in [0.1, 0.15) is 13.8 Å². The Morgan fingerprint density at radius 1 is 1.44 bits per heavy atom. The van der Waals surface area contributed by atoms with Crippen molar-refractivity contribution in [1.82, 2.24) is 0 Å². The summed E-state index contributed by atoms with van der Waals surface area (Å²) in [6, 6.07) is 0. The summed E-state index contributed by atoms with van der Waals surface area (Å²) in [5.74, 6) is -5.15. The Hall–Kier alpha value is -1.72. The Morgan fingerprint density at radius 3 is 2.44 bits per heavy atom. The molecule has 1 N–H and O–H groups in total. The van der Waals surface area contributed by atoms with Crippen molar-refractivity contribution in [2.24, 2.45) is 22.7 Å². The number of hydrogen-bond acceptors (Lipinski definition) is 5. The zero-order valence-electron chi connectivity index (χ0n) is 8.72. The number of ether oxygens (including phenoxy) is 1. The summed E-state index contributed by atoms with van der Waals surface area (Å²) in [5, 5.41) is 8.99. The fraction of sp³-hybridized carbons (Fsp3) is 0.600. The normalized spacial score (nSPS) is 45.6. The molecule has 0 radical (unpaired) electrons. The zero-order valence-corrected chi connectivity index (χ0v) is 8.72. The van der Waals surface area contributed by atoms with Gasteiger partial charge < -0.3 is 14.6 Å². The lowest BCUT2D eigenvalue weighted by molar-refractivity contribution is -0.196. The van der Waals surface area contributed by atoms with E-state index in [1.165, 1.54) is 13.8 Å². The molecule has 1 saturated carbocycles. The Kier molecular flexibility index (Phi) is 1.81. The van der Waals surface area contributed by atoms with E-state index in [4.69, 9.17) is 5.11 Å². The topological polar surface area (TPSA) is 97.7 Å². The van der Waals surface area contributed by atoms with Crippen LogP contribution in [-0.4, -0.2) is 29.3 Å². The maximum Gasteiger partial charge on any atom is 0.321 e. The molecule has 2 fully saturated rings. The third-order valence-corrected chi connectivity index (χ3v) is 4.10. The van der Waals surface area contributed by atoms with Crippen LogP contribution in [0.25, 0.3) is 0 Å². The van der Waals surface area contributed by atoms with Crippen LogP contribution < -0.4 is 0 Å². The van der Waals surface area contributed by atoms with Gasteiger partial charge >= 0.3 is 17.9 Å². The molecule has 1 heterocycles. The predicted molar refractivity (Wildman–Crippen MR) is 48.0 cm³/mol. The molecule has 6 nitrogen and oxygen atoms in total. The average Bonchev–Trinajstić information content (AvgIpc) is 2.39. The molecule has 2 aliphatic rings. The number of carboxylic acid groups (broad SMARTS) is 1. The summed E-state index contributed by atoms with van der Waals surface area (Å²) in [6.45, 7) is 2.77. The first-order chi connectivity index (χ1) is 7.30. The van der Waals surface area contributed by atoms with Gasteiger partial charge in [0, 0.05) is 0 Å². The minimum atomic E-state index is -1.38. The molecule has 0 aromatic heterocycles. The van der Waals surface area contributed by atoms with E-state index in [9.17, 15) is 19.2 Å². The maximum atomic E-state index is 11.5. The first kappa shape index (κ1) is 10.8. The van der Waals surface area contributed by atoms with Gasteiger partial charge in [-0.05, 0) is 6.92 Å². The van der Waals surface area contributed by atoms with E-state index in [2.05, 4.69) is 4.74 Å². The van der Waals surface area contributed by atoms with Gasteiger partial charge in [-0.3, -0.25) is 14.4 Å². The molecular formula is C10H10O6. The number of hydrogen-bond donors (Lipinski definition) is 1. The summed E-state index contributed by atoms with van der Waals surface area (Å²) in [5.41, 5.74) is -2.72. The van der Waals surface area contributed by atoms with Crippen molar-refractivity contribution in [3.63, 3.8) is 0 Å². The monoisotopic (exact) mass is 226 g/mol. The SMILES string of the molecule is CC1(C=O)C(C(=O)O)C2C(=O)OC(=O)C21C. The molecule has 2 rings (SSSR count). The molecule has 6 heteroatoms. The lowest BCUT2D eigenvalue weighted by atomic mass is 9.40. The maximum absolute atomic E-state index is 11.5. The number of carboxylic acids is 1. The van der Waals surface area contributed by atoms with Gasteiger partial charge in [0.2, 0.25) is 0 Å². The number of fused-ring (bicyclic) bond motifs is 1. The number of rotatable bonds is 2. The van der Waals surface area contributed by atoms with Crippen LogP contribution in [-0.2, 0) is 23.9 Å². The average molecular weight is 226 g/mol. The first-order valence-corrected chi connectivity index (χ1v) is 4.76. The highest BCUT2D eigenvalue weighted by atomic mass is 16.6. The van der Waals surface area contributed by atoms with Gasteiger partial charge in [-0.15, -0.1) is 0 Å². The number of carbonyl (C=O) groups is 4. The highest BCUT2D eigenvalue weighted by Crippen LogP contribution is 2.66. The molecule has 4 atom stereocenters. The van der Waals surface area contributed by atoms with Crippen molar-refractivity contribution in [3.05, 3.63) is 0 Å². The summed E-state index contributed by atoms with van der Waals surface area (Å²) in [7, 11) is 0. The third kappa shape index (κ3) is 0.797. The summed E-state index contributed by atoms with van der Waals surface area (Å²) in [4.78, 5) is 44.9. The number of aldehydes is 1. The second kappa shape index (κ2) is 2.69. The molecule has 0 bridgehead atoms. The molecule has 16 heavy (non-hydrogen) atoms. The van der Waals surface area contributed by atoms with E-state index in [-0.39, 0.29) is 0 Å². The van der Waals surface area contributed by atoms with Gasteiger partial charge in [-0.1, -0.05) is 6.92 Å². The zero-order chi connectivity index (χ0) is 12.3. The van der Waals surface area contributed by atoms with Crippen LogP contribution in [0.3, 0.4) is 0 Å². The van der Waals surface area contributed by atoms with E-state index in [1.54, 1.807) is 0 Å². The molecule has 1 saturated heterocycles. The van der Waals surface area contributed by atoms with E-state index in [1.807, 2.05) is 0 Å². The Morgan fingerprint density at radius 2 is 2.00 bits per heavy atom. The smallest absolute Gasteiger partial charge is 0.321 e. The predicted octanol–water partition coefficient (Wildman–Crippen LogP) is -0.388. The van der Waals surface area contributed by atoms with Crippen LogP contribution >= 0.6 is 0 Å². The second-order valence-corrected chi connectivity index (χ2v) is 4.61. The Balaban J connectivity index is 2.55. The van der Waals surface area contributed by atoms with Gasteiger partial charge in [0.05, 0.1) is 22.7 Å². The van der Waals surface area contributed by atoms with Crippen molar-refractivity contribution in [2.45, 2.75) is 13.8 Å². The largest absolute Gasteiger partial charge is 0.481 e. The molecule has 0 amide bonds. The lowest BCUT2D eigenvalue weighted by Crippen LogP contribution is -2.67. The molecule has 1 aliphatic carbocycles. The summed E-state index contributed by atoms with van der Waals surface area (Å²) >= 11 is 0. The molecule has 0 aromatic carbocycles. The summed E-state index contributed by atoms with van der Waals surface area (Å²) < 4.78 is 4.43. The number of aliphatic carboxylic acids is 1. The number of cyclic esters (lactones) is 2. The van der Waals surface area contributed by atoms with Crippen LogP contribution in [0.15, 0.2) is 0 Å². The second-order valence-electron chi connectivity index (χ2n) is 4.61. The van der Waals surface area contributed by atoms with Crippen molar-refractivity contribution in [1.29, 1.82) is 0 Å². The van der Waals surface area contributed by atoms with Crippen molar-refractivity contribution >= 4 is 24.2 Å². The summed E-state index contributed by atoms with van der Waals surface area (Å²) in [6.07, 6.45) is 0.433. The Bertz CT molecular complexity index is 427. The number of carbonyl (C=O) groups excluding carboxylic acids is 3. The molecule has 4 unspecified atom stereocenters. The minimum absolute atomic E-state index is 0.433. The molecular weight excluding hydrogens is 216 g/mol. The van der Waals surface area contributed by atoms with Gasteiger partial charge in [-0.2, -0.15) is 0 Å². The quantitative estimate of drug-likeness (QED) is 0.391. The van der Waals surface area contributed by atoms with Gasteiger partial charge in [0.1, 0.15) is 6.29 Å². The van der Waals surface area contributed by atoms with Gasteiger partial charge in [-0.25, -0.2) is 0 Å². The minimum Gasteiger partial charge on any atom is -0.481 e. The third-order valence-electron chi connectivity index (χ3n) is 4.10. The number of esters is 2. The molecule has 1 aliphatic heterocycles. The van der Waals surface area contributed by atoms with Crippen LogP contribution in [0.4, 0.5) is 0 Å². The standard InChI is InChI=1S/C10H10O6/c1-9(3-11)4(6(12)13)5-7(14)16-8(15)10(5,9)2/h3-5H,1-2H3,(H,12,13). The molecule has 86 valence electrons. The highest BCUT2D eigenvalue weighted by Gasteiger charge is 2.80. The van der Waals surface area contributed by atoms with Gasteiger partial charge in [0.15, 0.2) is 0 Å². The van der Waals surface area contributed by atoms with Gasteiger partial charge in [0.25, 0.3) is 0 Å². The Labute approximate surface area is 90.6 Å². The molecule has 0 spiro atoms. The van der Waals surface area contributed by atoms with Crippen molar-refractivity contribution < 1.29 is 29.0 Å².